The van der Waals surface area contributed by atoms with Crippen LogP contribution in [0.5, 0.6) is 0 Å². The Labute approximate surface area is 141 Å². The smallest absolute Gasteiger partial charge is 0.234 e. The number of aromatic nitrogens is 3. The maximum atomic E-state index is 12.1. The molecule has 122 valence electrons. The molecule has 0 bridgehead atoms. The van der Waals surface area contributed by atoms with Crippen LogP contribution in [0, 0.1) is 6.92 Å². The van der Waals surface area contributed by atoms with Crippen LogP contribution < -0.4 is 5.32 Å². The Balaban J connectivity index is 1.95. The number of anilines is 1. The van der Waals surface area contributed by atoms with Gasteiger partial charge in [0.25, 0.3) is 0 Å². The molecular weight excluding hydrogens is 308 g/mol. The molecule has 0 unspecified atom stereocenters. The number of hydrogen-bond donors (Lipinski definition) is 1. The van der Waals surface area contributed by atoms with Gasteiger partial charge in [-0.25, -0.2) is 0 Å². The lowest BCUT2D eigenvalue weighted by molar-refractivity contribution is -0.113. The second kappa shape index (κ2) is 7.97. The molecule has 0 aliphatic heterocycles. The quantitative estimate of drug-likeness (QED) is 0.622. The minimum Gasteiger partial charge on any atom is -0.325 e. The fourth-order valence-corrected chi connectivity index (χ4v) is 2.90. The van der Waals surface area contributed by atoms with Crippen LogP contribution in [0.15, 0.2) is 42.1 Å². The van der Waals surface area contributed by atoms with E-state index in [4.69, 9.17) is 0 Å². The number of amides is 1. The van der Waals surface area contributed by atoms with Crippen molar-refractivity contribution in [3.05, 3.63) is 48.3 Å². The third-order valence-corrected chi connectivity index (χ3v) is 4.35. The highest BCUT2D eigenvalue weighted by molar-refractivity contribution is 7.99. The Morgan fingerprint density at radius 3 is 2.91 bits per heavy atom. The monoisotopic (exact) mass is 330 g/mol. The van der Waals surface area contributed by atoms with E-state index >= 15 is 0 Å². The molecule has 0 radical (unpaired) electrons. The van der Waals surface area contributed by atoms with E-state index in [2.05, 4.69) is 42.0 Å². The highest BCUT2D eigenvalue weighted by Crippen LogP contribution is 2.20. The van der Waals surface area contributed by atoms with Crippen molar-refractivity contribution in [1.29, 1.82) is 0 Å². The normalized spacial score (nSPS) is 10.8. The highest BCUT2D eigenvalue weighted by atomic mass is 32.2. The average molecular weight is 330 g/mol. The van der Waals surface area contributed by atoms with E-state index in [1.165, 1.54) is 17.3 Å². The summed E-state index contributed by atoms with van der Waals surface area (Å²) in [5, 5.41) is 11.8. The Morgan fingerprint density at radius 1 is 1.43 bits per heavy atom. The summed E-state index contributed by atoms with van der Waals surface area (Å²) in [5.41, 5.74) is 2.03. The molecule has 0 aliphatic rings. The Morgan fingerprint density at radius 2 is 2.22 bits per heavy atom. The zero-order chi connectivity index (χ0) is 16.8. The predicted octanol–water partition coefficient (Wildman–Crippen LogP) is 3.63. The third kappa shape index (κ3) is 4.69. The van der Waals surface area contributed by atoms with Gasteiger partial charge in [-0.05, 0) is 30.5 Å². The van der Waals surface area contributed by atoms with E-state index in [1.54, 1.807) is 6.08 Å². The van der Waals surface area contributed by atoms with Crippen LogP contribution in [0.2, 0.25) is 0 Å². The van der Waals surface area contributed by atoms with E-state index in [-0.39, 0.29) is 5.91 Å². The first-order chi connectivity index (χ1) is 11.0. The Kier molecular flexibility index (Phi) is 5.98. The van der Waals surface area contributed by atoms with Gasteiger partial charge in [0.1, 0.15) is 5.82 Å². The van der Waals surface area contributed by atoms with Crippen molar-refractivity contribution in [2.45, 2.75) is 38.4 Å². The molecular formula is C17H22N4OS. The van der Waals surface area contributed by atoms with Gasteiger partial charge in [0, 0.05) is 12.2 Å². The lowest BCUT2D eigenvalue weighted by Crippen LogP contribution is -2.15. The molecule has 1 amide bonds. The van der Waals surface area contributed by atoms with E-state index in [1.807, 2.05) is 29.7 Å². The molecule has 1 aromatic carbocycles. The minimum absolute atomic E-state index is 0.0540. The predicted molar refractivity (Wildman–Crippen MR) is 94.8 cm³/mol. The van der Waals surface area contributed by atoms with Gasteiger partial charge in [-0.15, -0.1) is 16.8 Å². The number of rotatable bonds is 7. The number of carbonyl (C=O) groups excluding carboxylic acids is 1. The fourth-order valence-electron chi connectivity index (χ4n) is 2.11. The van der Waals surface area contributed by atoms with Crippen LogP contribution >= 0.6 is 11.8 Å². The van der Waals surface area contributed by atoms with Crippen LogP contribution in [0.3, 0.4) is 0 Å². The molecule has 0 saturated heterocycles. The van der Waals surface area contributed by atoms with Crippen LogP contribution in [-0.2, 0) is 11.3 Å². The number of allylic oxidation sites excluding steroid dienone is 1. The lowest BCUT2D eigenvalue weighted by atomic mass is 10.0. The molecule has 1 aromatic heterocycles. The number of thioether (sulfide) groups is 1. The summed E-state index contributed by atoms with van der Waals surface area (Å²) in [7, 11) is 0. The summed E-state index contributed by atoms with van der Waals surface area (Å²) in [4.78, 5) is 12.1. The standard InChI is InChI=1S/C17H22N4OS/c1-5-9-21-13(4)19-20-17(21)23-11-16(22)18-15-8-6-7-14(10-15)12(2)3/h5-8,10,12H,1,9,11H2,2-4H3,(H,18,22). The molecule has 0 atom stereocenters. The second-order valence-electron chi connectivity index (χ2n) is 5.55. The SMILES string of the molecule is C=CCn1c(C)nnc1SCC(=O)Nc1cccc(C(C)C)c1. The Hall–Kier alpha value is -2.08. The van der Waals surface area contributed by atoms with Crippen molar-refractivity contribution in [3.8, 4) is 0 Å². The zero-order valence-corrected chi connectivity index (χ0v) is 14.6. The van der Waals surface area contributed by atoms with Gasteiger partial charge in [0.2, 0.25) is 5.91 Å². The van der Waals surface area contributed by atoms with Crippen molar-refractivity contribution in [2.75, 3.05) is 11.1 Å². The summed E-state index contributed by atoms with van der Waals surface area (Å²) in [5.74, 6) is 1.49. The molecule has 23 heavy (non-hydrogen) atoms. The minimum atomic E-state index is -0.0540. The van der Waals surface area contributed by atoms with Crippen molar-refractivity contribution in [2.24, 2.45) is 0 Å². The van der Waals surface area contributed by atoms with Crippen molar-refractivity contribution >= 4 is 23.4 Å². The van der Waals surface area contributed by atoms with Crippen LogP contribution in [0.4, 0.5) is 5.69 Å². The summed E-state index contributed by atoms with van der Waals surface area (Å²) in [6.07, 6.45) is 1.79. The third-order valence-electron chi connectivity index (χ3n) is 3.38. The average Bonchev–Trinajstić information content (AvgIpc) is 2.86. The number of nitrogens with zero attached hydrogens (tertiary/aromatic N) is 3. The number of aryl methyl sites for hydroxylation is 1. The van der Waals surface area contributed by atoms with Crippen molar-refractivity contribution < 1.29 is 4.79 Å². The van der Waals surface area contributed by atoms with Gasteiger partial charge in [0.15, 0.2) is 5.16 Å². The van der Waals surface area contributed by atoms with E-state index in [0.29, 0.717) is 18.2 Å². The summed E-state index contributed by atoms with van der Waals surface area (Å²) in [6, 6.07) is 7.94. The molecule has 1 heterocycles. The van der Waals surface area contributed by atoms with Crippen molar-refractivity contribution in [1.82, 2.24) is 14.8 Å². The van der Waals surface area contributed by atoms with Crippen LogP contribution in [0.1, 0.15) is 31.2 Å². The zero-order valence-electron chi connectivity index (χ0n) is 13.7. The second-order valence-corrected chi connectivity index (χ2v) is 6.49. The number of hydrogen-bond acceptors (Lipinski definition) is 4. The Bertz CT molecular complexity index is 694. The first kappa shape index (κ1) is 17.3. The molecule has 0 spiro atoms. The molecule has 0 aliphatic carbocycles. The molecule has 1 N–H and O–H groups in total. The first-order valence-corrected chi connectivity index (χ1v) is 8.53. The van der Waals surface area contributed by atoms with E-state index in [0.717, 1.165) is 16.7 Å². The van der Waals surface area contributed by atoms with Gasteiger partial charge in [0.05, 0.1) is 5.75 Å². The maximum absolute atomic E-state index is 12.1. The lowest BCUT2D eigenvalue weighted by Gasteiger charge is -2.09. The van der Waals surface area contributed by atoms with Crippen LogP contribution in [0.25, 0.3) is 0 Å². The number of carbonyl (C=O) groups is 1. The molecule has 2 rings (SSSR count). The molecule has 5 nitrogen and oxygen atoms in total. The molecule has 6 heteroatoms. The molecule has 0 saturated carbocycles. The van der Waals surface area contributed by atoms with Gasteiger partial charge in [-0.1, -0.05) is 43.8 Å². The van der Waals surface area contributed by atoms with Gasteiger partial charge in [-0.3, -0.25) is 4.79 Å². The first-order valence-electron chi connectivity index (χ1n) is 7.54. The summed E-state index contributed by atoms with van der Waals surface area (Å²) in [6.45, 7) is 10.5. The van der Waals surface area contributed by atoms with E-state index < -0.39 is 0 Å². The number of nitrogens with one attached hydrogen (secondary N) is 1. The van der Waals surface area contributed by atoms with E-state index in [9.17, 15) is 4.79 Å². The van der Waals surface area contributed by atoms with Gasteiger partial charge >= 0.3 is 0 Å². The largest absolute Gasteiger partial charge is 0.325 e. The van der Waals surface area contributed by atoms with Gasteiger partial charge < -0.3 is 9.88 Å². The van der Waals surface area contributed by atoms with Gasteiger partial charge in [-0.2, -0.15) is 0 Å². The topological polar surface area (TPSA) is 59.8 Å². The highest BCUT2D eigenvalue weighted by Gasteiger charge is 2.11. The molecule has 2 aromatic rings. The fraction of sp³-hybridized carbons (Fsp3) is 0.353. The van der Waals surface area contributed by atoms with Crippen molar-refractivity contribution in [3.63, 3.8) is 0 Å². The summed E-state index contributed by atoms with van der Waals surface area (Å²) >= 11 is 1.38. The summed E-state index contributed by atoms with van der Waals surface area (Å²) < 4.78 is 1.93. The van der Waals surface area contributed by atoms with Crippen LogP contribution in [-0.4, -0.2) is 26.4 Å². The molecule has 0 fully saturated rings. The maximum Gasteiger partial charge on any atom is 0.234 e. The number of benzene rings is 1.